The largest absolute Gasteiger partial charge is 0.387 e. The Morgan fingerprint density at radius 3 is 2.78 bits per heavy atom. The van der Waals surface area contributed by atoms with Crippen LogP contribution in [0.3, 0.4) is 0 Å². The van der Waals surface area contributed by atoms with E-state index in [0.717, 1.165) is 23.1 Å². The van der Waals surface area contributed by atoms with E-state index >= 15 is 0 Å². The lowest BCUT2D eigenvalue weighted by Gasteiger charge is -2.14. The van der Waals surface area contributed by atoms with Crippen LogP contribution in [0.4, 0.5) is 0 Å². The molecule has 0 atom stereocenters. The molecule has 0 saturated carbocycles. The SMILES string of the molecule is Cc1cc(CNC(=O)CO)ccc1CN(C)C=O. The normalized spacial score (nSPS) is 9.94. The molecule has 2 N–H and O–H groups in total. The van der Waals surface area contributed by atoms with Gasteiger partial charge in [-0.1, -0.05) is 18.2 Å². The fourth-order valence-electron chi connectivity index (χ4n) is 1.61. The predicted octanol–water partition coefficient (Wildman–Crippen LogP) is 0.192. The van der Waals surface area contributed by atoms with Crippen LogP contribution >= 0.6 is 0 Å². The fraction of sp³-hybridized carbons (Fsp3) is 0.385. The molecule has 1 aromatic carbocycles. The number of carbonyl (C=O) groups is 2. The summed E-state index contributed by atoms with van der Waals surface area (Å²) in [5.74, 6) is -0.391. The number of rotatable bonds is 6. The summed E-state index contributed by atoms with van der Waals surface area (Å²) in [6.07, 6.45) is 0.787. The van der Waals surface area contributed by atoms with Gasteiger partial charge in [0, 0.05) is 20.1 Å². The van der Waals surface area contributed by atoms with E-state index in [1.54, 1.807) is 11.9 Å². The summed E-state index contributed by atoms with van der Waals surface area (Å²) in [7, 11) is 1.72. The van der Waals surface area contributed by atoms with Crippen molar-refractivity contribution in [1.82, 2.24) is 10.2 Å². The molecule has 0 aliphatic carbocycles. The Morgan fingerprint density at radius 1 is 1.50 bits per heavy atom. The smallest absolute Gasteiger partial charge is 0.245 e. The minimum absolute atomic E-state index is 0.391. The van der Waals surface area contributed by atoms with Crippen molar-refractivity contribution >= 4 is 12.3 Å². The van der Waals surface area contributed by atoms with Crippen LogP contribution in [0.2, 0.25) is 0 Å². The maximum absolute atomic E-state index is 10.9. The summed E-state index contributed by atoms with van der Waals surface area (Å²) in [5, 5.41) is 11.2. The Bertz CT molecular complexity index is 432. The third-order valence-electron chi connectivity index (χ3n) is 2.64. The summed E-state index contributed by atoms with van der Waals surface area (Å²) in [6, 6.07) is 5.81. The molecule has 5 nitrogen and oxygen atoms in total. The molecule has 18 heavy (non-hydrogen) atoms. The Balaban J connectivity index is 2.67. The van der Waals surface area contributed by atoms with E-state index in [-0.39, 0.29) is 0 Å². The molecule has 0 bridgehead atoms. The third-order valence-corrected chi connectivity index (χ3v) is 2.64. The van der Waals surface area contributed by atoms with E-state index in [9.17, 15) is 9.59 Å². The Morgan fingerprint density at radius 2 is 2.22 bits per heavy atom. The quantitative estimate of drug-likeness (QED) is 0.708. The molecule has 0 aromatic heterocycles. The first-order valence-corrected chi connectivity index (χ1v) is 5.68. The van der Waals surface area contributed by atoms with Gasteiger partial charge in [-0.3, -0.25) is 9.59 Å². The standard InChI is InChI=1S/C13H18N2O3/c1-10-5-11(6-14-13(18)8-16)3-4-12(10)7-15(2)9-17/h3-5,9,16H,6-8H2,1-2H3,(H,14,18). The molecular weight excluding hydrogens is 232 g/mol. The molecule has 0 fully saturated rings. The van der Waals surface area contributed by atoms with Crippen LogP contribution in [0.5, 0.6) is 0 Å². The first-order chi connectivity index (χ1) is 8.56. The van der Waals surface area contributed by atoms with Crippen molar-refractivity contribution in [1.29, 1.82) is 0 Å². The van der Waals surface area contributed by atoms with Crippen molar-refractivity contribution in [3.05, 3.63) is 34.9 Å². The second kappa shape index (κ2) is 6.76. The molecule has 98 valence electrons. The molecule has 5 heteroatoms. The topological polar surface area (TPSA) is 69.6 Å². The van der Waals surface area contributed by atoms with Gasteiger partial charge in [0.25, 0.3) is 0 Å². The molecule has 0 radical (unpaired) electrons. The van der Waals surface area contributed by atoms with Crippen LogP contribution in [-0.2, 0) is 22.7 Å². The average molecular weight is 250 g/mol. The van der Waals surface area contributed by atoms with E-state index in [0.29, 0.717) is 13.1 Å². The number of nitrogens with zero attached hydrogens (tertiary/aromatic N) is 1. The maximum atomic E-state index is 10.9. The lowest BCUT2D eigenvalue weighted by atomic mass is 10.0. The second-order valence-electron chi connectivity index (χ2n) is 4.22. The Kier molecular flexibility index (Phi) is 5.32. The summed E-state index contributed by atoms with van der Waals surface area (Å²) < 4.78 is 0. The summed E-state index contributed by atoms with van der Waals surface area (Å²) in [6.45, 7) is 2.43. The zero-order valence-electron chi connectivity index (χ0n) is 10.6. The number of aliphatic hydroxyl groups is 1. The highest BCUT2D eigenvalue weighted by atomic mass is 16.3. The van der Waals surface area contributed by atoms with Crippen LogP contribution in [-0.4, -0.2) is 36.0 Å². The molecule has 1 aromatic rings. The lowest BCUT2D eigenvalue weighted by Crippen LogP contribution is -2.25. The highest BCUT2D eigenvalue weighted by molar-refractivity contribution is 5.76. The van der Waals surface area contributed by atoms with Crippen molar-refractivity contribution in [2.75, 3.05) is 13.7 Å². The second-order valence-corrected chi connectivity index (χ2v) is 4.22. The van der Waals surface area contributed by atoms with Gasteiger partial charge in [-0.15, -0.1) is 0 Å². The Hall–Kier alpha value is -1.88. The van der Waals surface area contributed by atoms with Crippen molar-refractivity contribution in [3.8, 4) is 0 Å². The van der Waals surface area contributed by atoms with Gasteiger partial charge in [0.2, 0.25) is 12.3 Å². The zero-order valence-corrected chi connectivity index (χ0v) is 10.6. The molecule has 0 aliphatic rings. The highest BCUT2D eigenvalue weighted by Gasteiger charge is 2.04. The molecule has 0 spiro atoms. The Labute approximate surface area is 106 Å². The number of hydrogen-bond acceptors (Lipinski definition) is 3. The van der Waals surface area contributed by atoms with Gasteiger partial charge in [-0.25, -0.2) is 0 Å². The van der Waals surface area contributed by atoms with Crippen molar-refractivity contribution < 1.29 is 14.7 Å². The number of nitrogens with one attached hydrogen (secondary N) is 1. The van der Waals surface area contributed by atoms with Gasteiger partial charge in [0.1, 0.15) is 6.61 Å². The van der Waals surface area contributed by atoms with Gasteiger partial charge in [-0.2, -0.15) is 0 Å². The number of benzene rings is 1. The highest BCUT2D eigenvalue weighted by Crippen LogP contribution is 2.12. The summed E-state index contributed by atoms with van der Waals surface area (Å²) in [4.78, 5) is 23.0. The molecule has 0 unspecified atom stereocenters. The first kappa shape index (κ1) is 14.2. The monoisotopic (exact) mass is 250 g/mol. The van der Waals surface area contributed by atoms with Crippen LogP contribution in [0.15, 0.2) is 18.2 Å². The van der Waals surface area contributed by atoms with E-state index in [1.165, 1.54) is 0 Å². The van der Waals surface area contributed by atoms with Crippen molar-refractivity contribution in [3.63, 3.8) is 0 Å². The maximum Gasteiger partial charge on any atom is 0.245 e. The van der Waals surface area contributed by atoms with Crippen LogP contribution in [0.1, 0.15) is 16.7 Å². The van der Waals surface area contributed by atoms with Gasteiger partial charge < -0.3 is 15.3 Å². The van der Waals surface area contributed by atoms with Gasteiger partial charge in [0.15, 0.2) is 0 Å². The number of amides is 2. The van der Waals surface area contributed by atoms with Crippen molar-refractivity contribution in [2.45, 2.75) is 20.0 Å². The molecule has 0 heterocycles. The molecule has 0 saturated heterocycles. The molecule has 2 amide bonds. The van der Waals surface area contributed by atoms with E-state index in [1.807, 2.05) is 25.1 Å². The van der Waals surface area contributed by atoms with Crippen LogP contribution < -0.4 is 5.32 Å². The first-order valence-electron chi connectivity index (χ1n) is 5.68. The lowest BCUT2D eigenvalue weighted by molar-refractivity contribution is -0.124. The molecule has 0 aliphatic heterocycles. The van der Waals surface area contributed by atoms with E-state index in [4.69, 9.17) is 5.11 Å². The minimum atomic E-state index is -0.499. The number of aryl methyl sites for hydroxylation is 1. The predicted molar refractivity (Wildman–Crippen MR) is 67.6 cm³/mol. The number of aliphatic hydroxyl groups excluding tert-OH is 1. The van der Waals surface area contributed by atoms with Gasteiger partial charge >= 0.3 is 0 Å². The van der Waals surface area contributed by atoms with Gasteiger partial charge in [-0.05, 0) is 23.6 Å². The number of carbonyl (C=O) groups excluding carboxylic acids is 2. The van der Waals surface area contributed by atoms with E-state index < -0.39 is 12.5 Å². The van der Waals surface area contributed by atoms with E-state index in [2.05, 4.69) is 5.32 Å². The van der Waals surface area contributed by atoms with Gasteiger partial charge in [0.05, 0.1) is 0 Å². The van der Waals surface area contributed by atoms with Crippen LogP contribution in [0.25, 0.3) is 0 Å². The molecule has 1 rings (SSSR count). The summed E-state index contributed by atoms with van der Waals surface area (Å²) >= 11 is 0. The zero-order chi connectivity index (χ0) is 13.5. The van der Waals surface area contributed by atoms with Crippen LogP contribution in [0, 0.1) is 6.92 Å². The summed E-state index contributed by atoms with van der Waals surface area (Å²) in [5.41, 5.74) is 3.10. The average Bonchev–Trinajstić information content (AvgIpc) is 2.38. The minimum Gasteiger partial charge on any atom is -0.387 e. The fourth-order valence-corrected chi connectivity index (χ4v) is 1.61. The molecular formula is C13H18N2O3. The number of hydrogen-bond donors (Lipinski definition) is 2. The third kappa shape index (κ3) is 4.18. The van der Waals surface area contributed by atoms with Crippen molar-refractivity contribution in [2.24, 2.45) is 0 Å².